The third-order valence-electron chi connectivity index (χ3n) is 3.60. The topological polar surface area (TPSA) is 98.8 Å². The van der Waals surface area contributed by atoms with E-state index in [9.17, 15) is 4.79 Å². The molecule has 8 heteroatoms. The highest BCUT2D eigenvalue weighted by Crippen LogP contribution is 2.29. The van der Waals surface area contributed by atoms with Crippen LogP contribution in [0.3, 0.4) is 0 Å². The summed E-state index contributed by atoms with van der Waals surface area (Å²) in [6.45, 7) is 5.04. The van der Waals surface area contributed by atoms with Gasteiger partial charge in [-0.3, -0.25) is 4.79 Å². The summed E-state index contributed by atoms with van der Waals surface area (Å²) in [6.07, 6.45) is 1.58. The zero-order chi connectivity index (χ0) is 14.3. The average molecular weight is 275 g/mol. The van der Waals surface area contributed by atoms with Crippen molar-refractivity contribution in [3.63, 3.8) is 0 Å². The van der Waals surface area contributed by atoms with Crippen molar-refractivity contribution >= 4 is 28.8 Å². The Balaban J connectivity index is 2.17. The number of fused-ring (bicyclic) bond motifs is 1. The number of nitrogens with one attached hydrogen (secondary N) is 3. The van der Waals surface area contributed by atoms with Gasteiger partial charge in [0.05, 0.1) is 6.33 Å². The summed E-state index contributed by atoms with van der Waals surface area (Å²) in [7, 11) is 1.76. The Kier molecular flexibility index (Phi) is 2.73. The molecular weight excluding hydrogens is 258 g/mol. The number of hydrogen-bond acceptors (Lipinski definition) is 6. The Bertz CT molecular complexity index is 663. The highest BCUT2D eigenvalue weighted by Gasteiger charge is 2.39. The van der Waals surface area contributed by atoms with Crippen molar-refractivity contribution in [3.8, 4) is 0 Å². The molecule has 0 aliphatic carbocycles. The van der Waals surface area contributed by atoms with Crippen molar-refractivity contribution in [1.29, 1.82) is 0 Å². The monoisotopic (exact) mass is 275 g/mol. The van der Waals surface area contributed by atoms with Crippen LogP contribution in [0, 0.1) is 0 Å². The molecule has 3 rings (SSSR count). The standard InChI is InChI=1S/C12H17N7O/c1-12(2)10(20)14-4-5-19(12)9-7-8(16-6-15-7)17-11(13-3)18-9/h6H,4-5H2,1-3H3,(H,14,20)(H2,13,15,16,17,18). The van der Waals surface area contributed by atoms with E-state index in [2.05, 4.69) is 30.6 Å². The molecule has 20 heavy (non-hydrogen) atoms. The van der Waals surface area contributed by atoms with Crippen LogP contribution in [0.1, 0.15) is 13.8 Å². The smallest absolute Gasteiger partial charge is 0.245 e. The number of aromatic nitrogens is 4. The predicted octanol–water partition coefficient (Wildman–Crippen LogP) is 0.109. The summed E-state index contributed by atoms with van der Waals surface area (Å²) >= 11 is 0. The van der Waals surface area contributed by atoms with Gasteiger partial charge in [0, 0.05) is 20.1 Å². The molecule has 0 radical (unpaired) electrons. The quantitative estimate of drug-likeness (QED) is 0.719. The number of imidazole rings is 1. The van der Waals surface area contributed by atoms with Crippen molar-refractivity contribution in [2.75, 3.05) is 30.4 Å². The SMILES string of the molecule is CNc1nc(N2CCNC(=O)C2(C)C)c2[nH]cnc2n1. The molecule has 0 unspecified atom stereocenters. The highest BCUT2D eigenvalue weighted by atomic mass is 16.2. The molecule has 1 aliphatic heterocycles. The average Bonchev–Trinajstić information content (AvgIpc) is 2.89. The predicted molar refractivity (Wildman–Crippen MR) is 75.7 cm³/mol. The lowest BCUT2D eigenvalue weighted by molar-refractivity contribution is -0.126. The first-order valence-corrected chi connectivity index (χ1v) is 6.49. The van der Waals surface area contributed by atoms with E-state index in [-0.39, 0.29) is 5.91 Å². The van der Waals surface area contributed by atoms with Gasteiger partial charge in [-0.25, -0.2) is 4.98 Å². The van der Waals surface area contributed by atoms with E-state index in [1.807, 2.05) is 18.7 Å². The van der Waals surface area contributed by atoms with E-state index in [4.69, 9.17) is 0 Å². The molecule has 2 aromatic heterocycles. The zero-order valence-corrected chi connectivity index (χ0v) is 11.7. The number of carbonyl (C=O) groups excluding carboxylic acids is 1. The third-order valence-corrected chi connectivity index (χ3v) is 3.60. The van der Waals surface area contributed by atoms with Crippen LogP contribution < -0.4 is 15.5 Å². The summed E-state index contributed by atoms with van der Waals surface area (Å²) in [5.41, 5.74) is 0.656. The largest absolute Gasteiger partial charge is 0.357 e. The second-order valence-corrected chi connectivity index (χ2v) is 5.19. The second kappa shape index (κ2) is 4.32. The van der Waals surface area contributed by atoms with Crippen LogP contribution in [0.25, 0.3) is 11.2 Å². The normalized spacial score (nSPS) is 18.1. The fraction of sp³-hybridized carbons (Fsp3) is 0.500. The summed E-state index contributed by atoms with van der Waals surface area (Å²) in [5, 5.41) is 5.80. The first kappa shape index (κ1) is 12.6. The Morgan fingerprint density at radius 2 is 2.20 bits per heavy atom. The molecule has 1 amide bonds. The maximum absolute atomic E-state index is 12.1. The number of aromatic amines is 1. The maximum Gasteiger partial charge on any atom is 0.245 e. The van der Waals surface area contributed by atoms with Crippen LogP contribution >= 0.6 is 0 Å². The van der Waals surface area contributed by atoms with Gasteiger partial charge in [0.15, 0.2) is 11.5 Å². The minimum absolute atomic E-state index is 0.0129. The fourth-order valence-electron chi connectivity index (χ4n) is 2.40. The Labute approximate surface area is 116 Å². The molecule has 8 nitrogen and oxygen atoms in total. The van der Waals surface area contributed by atoms with Gasteiger partial charge in [0.2, 0.25) is 11.9 Å². The van der Waals surface area contributed by atoms with Gasteiger partial charge in [0.25, 0.3) is 0 Å². The van der Waals surface area contributed by atoms with Gasteiger partial charge >= 0.3 is 0 Å². The van der Waals surface area contributed by atoms with Gasteiger partial charge < -0.3 is 20.5 Å². The van der Waals surface area contributed by atoms with E-state index in [0.717, 1.165) is 5.52 Å². The minimum Gasteiger partial charge on any atom is -0.357 e. The summed E-state index contributed by atoms with van der Waals surface area (Å²) < 4.78 is 0. The Hall–Kier alpha value is -2.38. The lowest BCUT2D eigenvalue weighted by atomic mass is 9.99. The van der Waals surface area contributed by atoms with Crippen LogP contribution in [0.2, 0.25) is 0 Å². The number of anilines is 2. The first-order valence-electron chi connectivity index (χ1n) is 6.49. The van der Waals surface area contributed by atoms with E-state index in [1.54, 1.807) is 13.4 Å². The van der Waals surface area contributed by atoms with Crippen molar-refractivity contribution < 1.29 is 4.79 Å². The van der Waals surface area contributed by atoms with E-state index in [1.165, 1.54) is 0 Å². The molecular formula is C12H17N7O. The number of hydrogen-bond donors (Lipinski definition) is 3. The maximum atomic E-state index is 12.1. The number of carbonyl (C=O) groups is 1. The Morgan fingerprint density at radius 3 is 2.95 bits per heavy atom. The van der Waals surface area contributed by atoms with Crippen molar-refractivity contribution in [2.24, 2.45) is 0 Å². The molecule has 3 N–H and O–H groups in total. The molecule has 1 fully saturated rings. The lowest BCUT2D eigenvalue weighted by Gasteiger charge is -2.42. The van der Waals surface area contributed by atoms with Gasteiger partial charge in [0.1, 0.15) is 11.1 Å². The van der Waals surface area contributed by atoms with Crippen LogP contribution in [-0.4, -0.2) is 51.5 Å². The molecule has 0 spiro atoms. The van der Waals surface area contributed by atoms with Gasteiger partial charge in [-0.1, -0.05) is 0 Å². The van der Waals surface area contributed by atoms with Crippen molar-refractivity contribution in [3.05, 3.63) is 6.33 Å². The van der Waals surface area contributed by atoms with E-state index < -0.39 is 5.54 Å². The second-order valence-electron chi connectivity index (χ2n) is 5.19. The van der Waals surface area contributed by atoms with Crippen LogP contribution in [0.4, 0.5) is 11.8 Å². The third kappa shape index (κ3) is 1.75. The molecule has 0 atom stereocenters. The Morgan fingerprint density at radius 1 is 1.40 bits per heavy atom. The molecule has 106 valence electrons. The van der Waals surface area contributed by atoms with Gasteiger partial charge in [-0.05, 0) is 13.8 Å². The zero-order valence-electron chi connectivity index (χ0n) is 11.7. The summed E-state index contributed by atoms with van der Waals surface area (Å²) in [4.78, 5) is 30.1. The first-order chi connectivity index (χ1) is 9.54. The van der Waals surface area contributed by atoms with Gasteiger partial charge in [-0.15, -0.1) is 0 Å². The minimum atomic E-state index is -0.671. The number of piperazine rings is 1. The lowest BCUT2D eigenvalue weighted by Crippen LogP contribution is -2.62. The molecule has 1 aliphatic rings. The number of amides is 1. The number of nitrogens with zero attached hydrogens (tertiary/aromatic N) is 4. The molecule has 3 heterocycles. The molecule has 0 saturated carbocycles. The van der Waals surface area contributed by atoms with Crippen LogP contribution in [-0.2, 0) is 4.79 Å². The molecule has 0 aromatic carbocycles. The molecule has 2 aromatic rings. The highest BCUT2D eigenvalue weighted by molar-refractivity contribution is 5.93. The number of H-pyrrole nitrogens is 1. The molecule has 1 saturated heterocycles. The number of rotatable bonds is 2. The van der Waals surface area contributed by atoms with Crippen LogP contribution in [0.15, 0.2) is 6.33 Å². The molecule has 0 bridgehead atoms. The van der Waals surface area contributed by atoms with Gasteiger partial charge in [-0.2, -0.15) is 9.97 Å². The fourth-order valence-corrected chi connectivity index (χ4v) is 2.40. The summed E-state index contributed by atoms with van der Waals surface area (Å²) in [6, 6.07) is 0. The summed E-state index contributed by atoms with van der Waals surface area (Å²) in [5.74, 6) is 1.17. The van der Waals surface area contributed by atoms with Crippen molar-refractivity contribution in [2.45, 2.75) is 19.4 Å². The van der Waals surface area contributed by atoms with E-state index in [0.29, 0.717) is 30.5 Å². The van der Waals surface area contributed by atoms with Crippen LogP contribution in [0.5, 0.6) is 0 Å². The van der Waals surface area contributed by atoms with Crippen molar-refractivity contribution in [1.82, 2.24) is 25.3 Å². The van der Waals surface area contributed by atoms with E-state index >= 15 is 0 Å².